The maximum Gasteiger partial charge on any atom is 0.240 e. The summed E-state index contributed by atoms with van der Waals surface area (Å²) < 4.78 is 26.4. The first-order valence-corrected chi connectivity index (χ1v) is 8.33. The fraction of sp³-hybridized carbons (Fsp3) is 0.462. The number of carbonyl (C=O) groups is 1. The van der Waals surface area contributed by atoms with Crippen LogP contribution in [0, 0.1) is 0 Å². The van der Waals surface area contributed by atoms with Gasteiger partial charge in [-0.2, -0.15) is 0 Å². The molecule has 1 heterocycles. The topological polar surface area (TPSA) is 113 Å². The third kappa shape index (κ3) is 3.85. The Morgan fingerprint density at radius 1 is 1.43 bits per heavy atom. The van der Waals surface area contributed by atoms with Crippen molar-refractivity contribution in [1.82, 2.24) is 10.0 Å². The maximum absolute atomic E-state index is 12.0. The summed E-state index contributed by atoms with van der Waals surface area (Å²) in [5.41, 5.74) is 6.87. The van der Waals surface area contributed by atoms with E-state index in [0.717, 1.165) is 6.42 Å². The maximum atomic E-state index is 12.0. The van der Waals surface area contributed by atoms with Crippen LogP contribution in [-0.4, -0.2) is 33.5 Å². The summed E-state index contributed by atoms with van der Waals surface area (Å²) in [7, 11) is -3.51. The molecule has 1 aromatic rings. The van der Waals surface area contributed by atoms with E-state index in [4.69, 9.17) is 5.73 Å². The Morgan fingerprint density at radius 3 is 2.81 bits per heavy atom. The van der Waals surface area contributed by atoms with Crippen molar-refractivity contribution in [3.63, 3.8) is 0 Å². The van der Waals surface area contributed by atoms with E-state index >= 15 is 0 Å². The van der Waals surface area contributed by atoms with E-state index in [1.165, 1.54) is 12.1 Å². The number of nitrogens with two attached hydrogens (primary N) is 1. The van der Waals surface area contributed by atoms with Crippen LogP contribution in [0.25, 0.3) is 0 Å². The van der Waals surface area contributed by atoms with Crippen molar-refractivity contribution >= 4 is 27.3 Å². The number of anilines is 2. The highest BCUT2D eigenvalue weighted by molar-refractivity contribution is 7.89. The van der Waals surface area contributed by atoms with Crippen molar-refractivity contribution in [2.45, 2.75) is 30.7 Å². The first-order chi connectivity index (χ1) is 9.92. The van der Waals surface area contributed by atoms with Gasteiger partial charge in [0.2, 0.25) is 15.9 Å². The van der Waals surface area contributed by atoms with Crippen LogP contribution in [0.2, 0.25) is 0 Å². The number of sulfonamides is 1. The van der Waals surface area contributed by atoms with Crippen LogP contribution in [0.15, 0.2) is 23.1 Å². The first-order valence-electron chi connectivity index (χ1n) is 6.85. The van der Waals surface area contributed by atoms with Gasteiger partial charge in [-0.05, 0) is 24.6 Å². The van der Waals surface area contributed by atoms with Crippen LogP contribution >= 0.6 is 0 Å². The summed E-state index contributed by atoms with van der Waals surface area (Å²) in [6, 6.07) is 4.57. The van der Waals surface area contributed by atoms with E-state index in [1.807, 2.05) is 0 Å². The molecule has 1 aliphatic rings. The van der Waals surface area contributed by atoms with Gasteiger partial charge < -0.3 is 16.4 Å². The molecule has 0 spiro atoms. The van der Waals surface area contributed by atoms with Gasteiger partial charge in [0.25, 0.3) is 0 Å². The Morgan fingerprint density at radius 2 is 2.19 bits per heavy atom. The number of rotatable bonds is 6. The highest BCUT2D eigenvalue weighted by atomic mass is 32.2. The van der Waals surface area contributed by atoms with E-state index < -0.39 is 10.0 Å². The van der Waals surface area contributed by atoms with Crippen LogP contribution in [0.5, 0.6) is 0 Å². The zero-order valence-electron chi connectivity index (χ0n) is 11.8. The molecule has 1 saturated heterocycles. The van der Waals surface area contributed by atoms with Gasteiger partial charge in [0.15, 0.2) is 0 Å². The number of hydrogen-bond acceptors (Lipinski definition) is 5. The Labute approximate surface area is 124 Å². The fourth-order valence-corrected chi connectivity index (χ4v) is 3.26. The second-order valence-electron chi connectivity index (χ2n) is 4.93. The van der Waals surface area contributed by atoms with Crippen LogP contribution in [-0.2, 0) is 14.8 Å². The lowest BCUT2D eigenvalue weighted by atomic mass is 10.2. The van der Waals surface area contributed by atoms with E-state index in [1.54, 1.807) is 13.0 Å². The van der Waals surface area contributed by atoms with E-state index in [9.17, 15) is 13.2 Å². The molecule has 0 aliphatic carbocycles. The Bertz CT molecular complexity index is 630. The highest BCUT2D eigenvalue weighted by Crippen LogP contribution is 2.23. The average molecular weight is 312 g/mol. The van der Waals surface area contributed by atoms with Crippen molar-refractivity contribution in [1.29, 1.82) is 0 Å². The number of benzene rings is 1. The van der Waals surface area contributed by atoms with Gasteiger partial charge in [0.1, 0.15) is 0 Å². The number of hydrogen-bond donors (Lipinski definition) is 4. The lowest BCUT2D eigenvalue weighted by molar-refractivity contribution is -0.119. The number of nitrogens with one attached hydrogen (secondary N) is 3. The predicted molar refractivity (Wildman–Crippen MR) is 81.4 cm³/mol. The van der Waals surface area contributed by atoms with Crippen LogP contribution in [0.4, 0.5) is 11.4 Å². The number of nitrogen functional groups attached to an aromatic ring is 1. The van der Waals surface area contributed by atoms with Crippen LogP contribution in [0.3, 0.4) is 0 Å². The summed E-state index contributed by atoms with van der Waals surface area (Å²) in [4.78, 5) is 11.3. The molecule has 0 aromatic heterocycles. The van der Waals surface area contributed by atoms with E-state index in [0.29, 0.717) is 30.9 Å². The summed E-state index contributed by atoms with van der Waals surface area (Å²) in [6.45, 7) is 2.56. The Balaban J connectivity index is 2.10. The lowest BCUT2D eigenvalue weighted by Gasteiger charge is -2.15. The molecule has 5 N–H and O–H groups in total. The van der Waals surface area contributed by atoms with E-state index in [2.05, 4.69) is 15.4 Å². The SMILES string of the molecule is CCNS(=O)(=O)c1ccc(N)c(NCC2CCC(=O)N2)c1. The fourth-order valence-electron chi connectivity index (χ4n) is 2.19. The average Bonchev–Trinajstić information content (AvgIpc) is 2.83. The van der Waals surface area contributed by atoms with E-state index in [-0.39, 0.29) is 16.8 Å². The molecule has 1 fully saturated rings. The normalized spacial score (nSPS) is 18.5. The third-order valence-electron chi connectivity index (χ3n) is 3.29. The van der Waals surface area contributed by atoms with Gasteiger partial charge in [-0.15, -0.1) is 0 Å². The summed E-state index contributed by atoms with van der Waals surface area (Å²) >= 11 is 0. The molecule has 1 aliphatic heterocycles. The minimum absolute atomic E-state index is 0.0400. The lowest BCUT2D eigenvalue weighted by Crippen LogP contribution is -2.32. The summed E-state index contributed by atoms with van der Waals surface area (Å²) in [6.07, 6.45) is 1.29. The smallest absolute Gasteiger partial charge is 0.240 e. The van der Waals surface area contributed by atoms with Gasteiger partial charge in [-0.1, -0.05) is 6.92 Å². The minimum Gasteiger partial charge on any atom is -0.397 e. The molecule has 116 valence electrons. The molecule has 1 atom stereocenters. The Hall–Kier alpha value is -1.80. The molecular weight excluding hydrogens is 292 g/mol. The predicted octanol–water partition coefficient (Wildman–Crippen LogP) is 0.258. The molecule has 1 amide bonds. The van der Waals surface area contributed by atoms with Gasteiger partial charge in [0.05, 0.1) is 16.3 Å². The molecule has 1 unspecified atom stereocenters. The van der Waals surface area contributed by atoms with Crippen molar-refractivity contribution in [3.8, 4) is 0 Å². The second-order valence-corrected chi connectivity index (χ2v) is 6.70. The monoisotopic (exact) mass is 312 g/mol. The molecular formula is C13H20N4O3S. The van der Waals surface area contributed by atoms with Gasteiger partial charge in [-0.25, -0.2) is 13.1 Å². The van der Waals surface area contributed by atoms with Crippen LogP contribution < -0.4 is 21.1 Å². The molecule has 8 heteroatoms. The van der Waals surface area contributed by atoms with Crippen molar-refractivity contribution in [3.05, 3.63) is 18.2 Å². The summed E-state index contributed by atoms with van der Waals surface area (Å²) in [5, 5.41) is 5.93. The van der Waals surface area contributed by atoms with Gasteiger partial charge >= 0.3 is 0 Å². The molecule has 1 aromatic carbocycles. The number of carbonyl (C=O) groups excluding carboxylic acids is 1. The minimum atomic E-state index is -3.51. The molecule has 0 bridgehead atoms. The van der Waals surface area contributed by atoms with Crippen molar-refractivity contribution < 1.29 is 13.2 Å². The van der Waals surface area contributed by atoms with Crippen molar-refractivity contribution in [2.75, 3.05) is 24.1 Å². The zero-order valence-corrected chi connectivity index (χ0v) is 12.7. The van der Waals surface area contributed by atoms with Gasteiger partial charge in [-0.3, -0.25) is 4.79 Å². The van der Waals surface area contributed by atoms with Gasteiger partial charge in [0, 0.05) is 25.6 Å². The summed E-state index contributed by atoms with van der Waals surface area (Å²) in [5.74, 6) is 0.0400. The third-order valence-corrected chi connectivity index (χ3v) is 4.84. The highest BCUT2D eigenvalue weighted by Gasteiger charge is 2.21. The molecule has 7 nitrogen and oxygen atoms in total. The standard InChI is InChI=1S/C13H20N4O3S/c1-2-16-21(19,20)10-4-5-11(14)12(7-10)15-8-9-3-6-13(18)17-9/h4-5,7,9,15-16H,2-3,6,8,14H2,1H3,(H,17,18). The van der Waals surface area contributed by atoms with Crippen LogP contribution in [0.1, 0.15) is 19.8 Å². The quantitative estimate of drug-likeness (QED) is 0.563. The zero-order chi connectivity index (χ0) is 15.5. The largest absolute Gasteiger partial charge is 0.397 e. The first kappa shape index (κ1) is 15.6. The molecule has 0 saturated carbocycles. The van der Waals surface area contributed by atoms with Crippen molar-refractivity contribution in [2.24, 2.45) is 0 Å². The number of amides is 1. The molecule has 0 radical (unpaired) electrons. The Kier molecular flexibility index (Phi) is 4.69. The molecule has 21 heavy (non-hydrogen) atoms. The second kappa shape index (κ2) is 6.31. The molecule has 2 rings (SSSR count).